The number of hydrogen-bond donors (Lipinski definition) is 1. The highest BCUT2D eigenvalue weighted by Crippen LogP contribution is 2.40. The minimum absolute atomic E-state index is 0.245. The highest BCUT2D eigenvalue weighted by molar-refractivity contribution is 5.78. The molecule has 0 radical (unpaired) electrons. The van der Waals surface area contributed by atoms with E-state index in [0.29, 0.717) is 11.5 Å². The number of aromatic nitrogens is 3. The summed E-state index contributed by atoms with van der Waals surface area (Å²) < 4.78 is 41.6. The number of aliphatic hydroxyl groups excluding tert-OH is 1. The lowest BCUT2D eigenvalue weighted by molar-refractivity contribution is 0.133. The molecule has 1 aromatic carbocycles. The number of alkyl halides is 2. The number of benzene rings is 1. The maximum Gasteiger partial charge on any atom is 0.263 e. The summed E-state index contributed by atoms with van der Waals surface area (Å²) in [5, 5.41) is 14.4. The van der Waals surface area contributed by atoms with Crippen LogP contribution in [0.2, 0.25) is 0 Å². The molecule has 2 aliphatic rings. The zero-order valence-electron chi connectivity index (χ0n) is 15.0. The zero-order valence-corrected chi connectivity index (χ0v) is 15.0. The van der Waals surface area contributed by atoms with Crippen LogP contribution in [0.15, 0.2) is 36.8 Å². The van der Waals surface area contributed by atoms with E-state index in [1.54, 1.807) is 16.8 Å². The first-order valence-electron chi connectivity index (χ1n) is 9.35. The first-order chi connectivity index (χ1) is 13.5. The van der Waals surface area contributed by atoms with E-state index in [1.807, 2.05) is 0 Å². The number of rotatable bonds is 3. The maximum absolute atomic E-state index is 14.4. The van der Waals surface area contributed by atoms with Crippen LogP contribution in [-0.4, -0.2) is 38.9 Å². The van der Waals surface area contributed by atoms with E-state index >= 15 is 0 Å². The van der Waals surface area contributed by atoms with Crippen LogP contribution in [0.5, 0.6) is 0 Å². The summed E-state index contributed by atoms with van der Waals surface area (Å²) >= 11 is 0. The largest absolute Gasteiger partial charge is 0.393 e. The predicted octanol–water partition coefficient (Wildman–Crippen LogP) is 3.68. The highest BCUT2D eigenvalue weighted by atomic mass is 19.3. The number of anilines is 1. The van der Waals surface area contributed by atoms with Gasteiger partial charge in [-0.25, -0.2) is 22.7 Å². The van der Waals surface area contributed by atoms with Crippen LogP contribution < -0.4 is 4.90 Å². The summed E-state index contributed by atoms with van der Waals surface area (Å²) in [5.41, 5.74) is 1.19. The standard InChI is InChI=1S/C20H19F3N4O/c21-16-5-11(19(22)23)1-3-14(16)13-6-17-20(24-10-25-27(17)8-13)26-7-12-2-4-18(28)15(12)9-26/h1,3,5-6,8,10,12,15,18-19,28H,2,4,7,9H2/t12-,15+,18-/m1/s1. The quantitative estimate of drug-likeness (QED) is 0.744. The van der Waals surface area contributed by atoms with Crippen LogP contribution >= 0.6 is 0 Å². The minimum Gasteiger partial charge on any atom is -0.393 e. The molecule has 0 spiro atoms. The van der Waals surface area contributed by atoms with Crippen molar-refractivity contribution in [1.29, 1.82) is 0 Å². The second-order valence-electron chi connectivity index (χ2n) is 7.66. The topological polar surface area (TPSA) is 53.7 Å². The Morgan fingerprint density at radius 2 is 2.00 bits per heavy atom. The molecule has 1 saturated carbocycles. The Hall–Kier alpha value is -2.61. The van der Waals surface area contributed by atoms with Crippen molar-refractivity contribution in [2.45, 2.75) is 25.4 Å². The lowest BCUT2D eigenvalue weighted by Gasteiger charge is -2.19. The lowest BCUT2D eigenvalue weighted by Crippen LogP contribution is -2.25. The molecule has 0 bridgehead atoms. The number of halogens is 3. The van der Waals surface area contributed by atoms with E-state index in [1.165, 1.54) is 18.5 Å². The molecule has 5 rings (SSSR count). The van der Waals surface area contributed by atoms with Gasteiger partial charge in [-0.2, -0.15) is 5.10 Å². The minimum atomic E-state index is -2.71. The van der Waals surface area contributed by atoms with E-state index in [4.69, 9.17) is 0 Å². The molecule has 1 saturated heterocycles. The van der Waals surface area contributed by atoms with Crippen molar-refractivity contribution < 1.29 is 18.3 Å². The van der Waals surface area contributed by atoms with Gasteiger partial charge in [-0.3, -0.25) is 0 Å². The van der Waals surface area contributed by atoms with Crippen molar-refractivity contribution in [3.05, 3.63) is 48.2 Å². The van der Waals surface area contributed by atoms with Crippen LogP contribution in [0, 0.1) is 17.7 Å². The summed E-state index contributed by atoms with van der Waals surface area (Å²) in [5.74, 6) is 0.761. The molecule has 2 aromatic heterocycles. The Morgan fingerprint density at radius 3 is 2.75 bits per heavy atom. The lowest BCUT2D eigenvalue weighted by atomic mass is 10.00. The van der Waals surface area contributed by atoms with E-state index in [9.17, 15) is 18.3 Å². The van der Waals surface area contributed by atoms with E-state index in [-0.39, 0.29) is 23.1 Å². The van der Waals surface area contributed by atoms with Gasteiger partial charge in [-0.1, -0.05) is 12.1 Å². The molecule has 0 unspecified atom stereocenters. The van der Waals surface area contributed by atoms with Crippen molar-refractivity contribution in [2.24, 2.45) is 11.8 Å². The molecule has 1 aliphatic carbocycles. The average Bonchev–Trinajstić information content (AvgIpc) is 3.36. The third-order valence-electron chi connectivity index (χ3n) is 6.06. The van der Waals surface area contributed by atoms with Gasteiger partial charge in [0, 0.05) is 41.9 Å². The molecule has 1 N–H and O–H groups in total. The molecule has 0 amide bonds. The fourth-order valence-corrected chi connectivity index (χ4v) is 4.62. The molecule has 1 aliphatic heterocycles. The van der Waals surface area contributed by atoms with Gasteiger partial charge < -0.3 is 10.0 Å². The fraction of sp³-hybridized carbons (Fsp3) is 0.400. The Balaban J connectivity index is 1.52. The molecular formula is C20H19F3N4O. The summed E-state index contributed by atoms with van der Waals surface area (Å²) in [7, 11) is 0. The smallest absolute Gasteiger partial charge is 0.263 e. The van der Waals surface area contributed by atoms with Crippen molar-refractivity contribution in [3.8, 4) is 11.1 Å². The van der Waals surface area contributed by atoms with Crippen LogP contribution in [-0.2, 0) is 0 Å². The van der Waals surface area contributed by atoms with Gasteiger partial charge in [0.25, 0.3) is 6.43 Å². The van der Waals surface area contributed by atoms with Gasteiger partial charge in [0.2, 0.25) is 0 Å². The van der Waals surface area contributed by atoms with Gasteiger partial charge >= 0.3 is 0 Å². The molecule has 2 fully saturated rings. The van der Waals surface area contributed by atoms with Crippen molar-refractivity contribution in [3.63, 3.8) is 0 Å². The summed E-state index contributed by atoms with van der Waals surface area (Å²) in [6.07, 6.45) is 2.01. The first-order valence-corrected chi connectivity index (χ1v) is 9.35. The SMILES string of the molecule is O[C@@H]1CC[C@@H]2CN(c3ncnn4cc(-c5ccc(C(F)F)cc5F)cc34)C[C@@H]21. The van der Waals surface area contributed by atoms with Crippen LogP contribution in [0.1, 0.15) is 24.8 Å². The molecule has 3 aromatic rings. The van der Waals surface area contributed by atoms with Crippen molar-refractivity contribution in [2.75, 3.05) is 18.0 Å². The van der Waals surface area contributed by atoms with E-state index in [0.717, 1.165) is 43.3 Å². The predicted molar refractivity (Wildman–Crippen MR) is 97.8 cm³/mol. The third kappa shape index (κ3) is 2.74. The van der Waals surface area contributed by atoms with Gasteiger partial charge in [0.05, 0.1) is 6.10 Å². The number of nitrogens with zero attached hydrogens (tertiary/aromatic N) is 4. The highest BCUT2D eigenvalue weighted by Gasteiger charge is 2.42. The third-order valence-corrected chi connectivity index (χ3v) is 6.06. The first kappa shape index (κ1) is 17.5. The number of aliphatic hydroxyl groups is 1. The summed E-state index contributed by atoms with van der Waals surface area (Å²) in [6.45, 7) is 1.56. The normalized spacial score (nSPS) is 24.5. The Morgan fingerprint density at radius 1 is 1.14 bits per heavy atom. The van der Waals surface area contributed by atoms with Crippen molar-refractivity contribution in [1.82, 2.24) is 14.6 Å². The van der Waals surface area contributed by atoms with Gasteiger partial charge in [0.15, 0.2) is 5.82 Å². The average molecular weight is 388 g/mol. The van der Waals surface area contributed by atoms with Crippen LogP contribution in [0.25, 0.3) is 16.6 Å². The molecular weight excluding hydrogens is 369 g/mol. The molecule has 8 heteroatoms. The molecule has 28 heavy (non-hydrogen) atoms. The van der Waals surface area contributed by atoms with Gasteiger partial charge in [-0.15, -0.1) is 0 Å². The zero-order chi connectivity index (χ0) is 19.4. The number of fused-ring (bicyclic) bond motifs is 2. The maximum atomic E-state index is 14.4. The summed E-state index contributed by atoms with van der Waals surface area (Å²) in [4.78, 5) is 6.57. The Kier molecular flexibility index (Phi) is 4.04. The molecule has 5 nitrogen and oxygen atoms in total. The number of hydrogen-bond acceptors (Lipinski definition) is 4. The van der Waals surface area contributed by atoms with Gasteiger partial charge in [0.1, 0.15) is 17.7 Å². The molecule has 3 atom stereocenters. The second-order valence-corrected chi connectivity index (χ2v) is 7.66. The Bertz CT molecular complexity index is 1040. The second kappa shape index (κ2) is 6.48. The molecule has 146 valence electrons. The Labute approximate surface area is 159 Å². The van der Waals surface area contributed by atoms with Crippen LogP contribution in [0.4, 0.5) is 19.0 Å². The summed E-state index contributed by atoms with van der Waals surface area (Å²) in [6, 6.07) is 5.26. The monoisotopic (exact) mass is 388 g/mol. The van der Waals surface area contributed by atoms with E-state index in [2.05, 4.69) is 15.0 Å². The fourth-order valence-electron chi connectivity index (χ4n) is 4.62. The van der Waals surface area contributed by atoms with E-state index < -0.39 is 12.2 Å². The van der Waals surface area contributed by atoms with Crippen molar-refractivity contribution >= 4 is 11.3 Å². The van der Waals surface area contributed by atoms with Gasteiger partial charge in [-0.05, 0) is 30.9 Å². The molecule has 3 heterocycles. The van der Waals surface area contributed by atoms with Crippen LogP contribution in [0.3, 0.4) is 0 Å².